The fourth-order valence-corrected chi connectivity index (χ4v) is 5.33. The molecule has 0 bridgehead atoms. The number of hydrogen-bond donors (Lipinski definition) is 1. The van der Waals surface area contributed by atoms with Gasteiger partial charge < -0.3 is 14.9 Å². The van der Waals surface area contributed by atoms with E-state index < -0.39 is 11.8 Å². The Labute approximate surface area is 229 Å². The van der Waals surface area contributed by atoms with Crippen molar-refractivity contribution in [3.05, 3.63) is 75.2 Å². The SMILES string of the molecule is Cc1ccnc(C(C)C)c1-n1c(=O)nc(N2CCN(C(=O)O)C[C@@H]2C)c2cc(Cl)c(-c3ccc(F)cc3)nc21. The highest BCUT2D eigenvalue weighted by atomic mass is 35.5. The Bertz CT molecular complexity index is 1640. The average molecular weight is 551 g/mol. The van der Waals surface area contributed by atoms with Gasteiger partial charge in [0.2, 0.25) is 0 Å². The minimum absolute atomic E-state index is 0.00881. The third-order valence-corrected chi connectivity index (χ3v) is 7.30. The summed E-state index contributed by atoms with van der Waals surface area (Å²) in [7, 11) is 0. The molecule has 1 atom stereocenters. The highest BCUT2D eigenvalue weighted by molar-refractivity contribution is 6.33. The van der Waals surface area contributed by atoms with Crippen molar-refractivity contribution >= 4 is 34.5 Å². The zero-order valence-corrected chi connectivity index (χ0v) is 22.8. The number of rotatable bonds is 4. The number of anilines is 1. The van der Waals surface area contributed by atoms with Crippen LogP contribution in [-0.2, 0) is 0 Å². The van der Waals surface area contributed by atoms with Gasteiger partial charge in [-0.05, 0) is 61.7 Å². The van der Waals surface area contributed by atoms with E-state index >= 15 is 0 Å². The molecule has 1 fully saturated rings. The van der Waals surface area contributed by atoms with E-state index in [1.807, 2.05) is 38.7 Å². The molecule has 9 nitrogen and oxygen atoms in total. The van der Waals surface area contributed by atoms with Gasteiger partial charge in [-0.25, -0.2) is 23.5 Å². The Morgan fingerprint density at radius 1 is 1.15 bits per heavy atom. The van der Waals surface area contributed by atoms with E-state index in [1.54, 1.807) is 24.4 Å². The summed E-state index contributed by atoms with van der Waals surface area (Å²) in [6.07, 6.45) is 0.720. The van der Waals surface area contributed by atoms with Crippen molar-refractivity contribution in [1.29, 1.82) is 0 Å². The molecule has 4 aromatic rings. The highest BCUT2D eigenvalue weighted by Crippen LogP contribution is 2.35. The smallest absolute Gasteiger partial charge is 0.407 e. The van der Waals surface area contributed by atoms with Gasteiger partial charge in [0.05, 0.1) is 27.5 Å². The number of benzene rings is 1. The number of pyridine rings is 2. The van der Waals surface area contributed by atoms with E-state index in [-0.39, 0.29) is 30.9 Å². The lowest BCUT2D eigenvalue weighted by molar-refractivity contribution is 0.136. The number of hydrogen-bond acceptors (Lipinski definition) is 6. The quantitative estimate of drug-likeness (QED) is 0.370. The van der Waals surface area contributed by atoms with Crippen LogP contribution in [0.25, 0.3) is 28.0 Å². The molecular weight excluding hydrogens is 523 g/mol. The summed E-state index contributed by atoms with van der Waals surface area (Å²) in [6.45, 7) is 8.66. The van der Waals surface area contributed by atoms with Gasteiger partial charge in [-0.2, -0.15) is 4.98 Å². The summed E-state index contributed by atoms with van der Waals surface area (Å²) < 4.78 is 15.1. The fraction of sp³-hybridized carbons (Fsp3) is 0.321. The number of piperazine rings is 1. The molecule has 1 saturated heterocycles. The van der Waals surface area contributed by atoms with Crippen LogP contribution in [0.2, 0.25) is 5.02 Å². The largest absolute Gasteiger partial charge is 0.465 e. The maximum Gasteiger partial charge on any atom is 0.407 e. The van der Waals surface area contributed by atoms with Crippen molar-refractivity contribution in [2.75, 3.05) is 24.5 Å². The van der Waals surface area contributed by atoms with E-state index in [9.17, 15) is 19.1 Å². The van der Waals surface area contributed by atoms with Gasteiger partial charge in [-0.1, -0.05) is 25.4 Å². The van der Waals surface area contributed by atoms with Gasteiger partial charge in [-0.3, -0.25) is 4.98 Å². The first kappa shape index (κ1) is 26.6. The molecule has 0 unspecified atom stereocenters. The molecule has 202 valence electrons. The molecule has 1 amide bonds. The number of halogens is 2. The monoisotopic (exact) mass is 550 g/mol. The zero-order chi connectivity index (χ0) is 28.0. The molecule has 11 heteroatoms. The minimum Gasteiger partial charge on any atom is -0.465 e. The lowest BCUT2D eigenvalue weighted by atomic mass is 10.0. The Morgan fingerprint density at radius 2 is 1.87 bits per heavy atom. The molecular formula is C28H28ClFN6O3. The summed E-state index contributed by atoms with van der Waals surface area (Å²) >= 11 is 6.75. The standard InChI is InChI=1S/C28H28ClFN6O3/c1-15(2)22-24(16(3)9-10-31-22)36-26-20(13-21(29)23(32-26)18-5-7-19(30)8-6-18)25(33-27(36)37)35-12-11-34(28(38)39)14-17(35)4/h5-10,13,15,17H,11-12,14H2,1-4H3,(H,38,39)/t17-/m0/s1. The number of carbonyl (C=O) groups is 1. The lowest BCUT2D eigenvalue weighted by Crippen LogP contribution is -2.54. The fourth-order valence-electron chi connectivity index (χ4n) is 5.07. The molecule has 1 aromatic carbocycles. The second kappa shape index (κ2) is 10.3. The number of amides is 1. The van der Waals surface area contributed by atoms with Crippen molar-refractivity contribution in [1.82, 2.24) is 24.4 Å². The molecule has 0 saturated carbocycles. The third-order valence-electron chi connectivity index (χ3n) is 7.01. The number of nitrogens with zero attached hydrogens (tertiary/aromatic N) is 6. The van der Waals surface area contributed by atoms with Crippen molar-refractivity contribution in [3.63, 3.8) is 0 Å². The van der Waals surface area contributed by atoms with Crippen molar-refractivity contribution in [3.8, 4) is 16.9 Å². The molecule has 0 aliphatic carbocycles. The Morgan fingerprint density at radius 3 is 2.51 bits per heavy atom. The molecule has 0 radical (unpaired) electrons. The number of aromatic nitrogens is 4. The van der Waals surface area contributed by atoms with Crippen LogP contribution in [0.15, 0.2) is 47.4 Å². The van der Waals surface area contributed by atoms with Crippen LogP contribution in [0.1, 0.15) is 37.9 Å². The summed E-state index contributed by atoms with van der Waals surface area (Å²) in [6, 6.07) is 9.13. The molecule has 5 rings (SSSR count). The Kier molecular flexibility index (Phi) is 6.98. The third kappa shape index (κ3) is 4.80. The first-order valence-electron chi connectivity index (χ1n) is 12.7. The second-order valence-electron chi connectivity index (χ2n) is 10.0. The molecule has 1 aliphatic heterocycles. The first-order chi connectivity index (χ1) is 18.6. The maximum atomic E-state index is 13.9. The molecule has 39 heavy (non-hydrogen) atoms. The summed E-state index contributed by atoms with van der Waals surface area (Å²) in [5.41, 5.74) is 2.93. The van der Waals surface area contributed by atoms with Crippen LogP contribution in [0.5, 0.6) is 0 Å². The van der Waals surface area contributed by atoms with Crippen LogP contribution in [0.4, 0.5) is 15.0 Å². The van der Waals surface area contributed by atoms with Crippen molar-refractivity contribution in [2.45, 2.75) is 39.7 Å². The molecule has 1 aliphatic rings. The Hall–Kier alpha value is -4.05. The molecule has 3 aromatic heterocycles. The van der Waals surface area contributed by atoms with Crippen LogP contribution in [-0.4, -0.2) is 61.3 Å². The predicted octanol–water partition coefficient (Wildman–Crippen LogP) is 5.26. The zero-order valence-electron chi connectivity index (χ0n) is 22.0. The molecule has 4 heterocycles. The summed E-state index contributed by atoms with van der Waals surface area (Å²) in [4.78, 5) is 42.6. The van der Waals surface area contributed by atoms with Gasteiger partial charge in [0, 0.05) is 37.4 Å². The van der Waals surface area contributed by atoms with E-state index in [0.717, 1.165) is 11.3 Å². The number of fused-ring (bicyclic) bond motifs is 1. The Balaban J connectivity index is 1.82. The predicted molar refractivity (Wildman–Crippen MR) is 149 cm³/mol. The normalized spacial score (nSPS) is 15.8. The van der Waals surface area contributed by atoms with E-state index in [1.165, 1.54) is 21.6 Å². The van der Waals surface area contributed by atoms with Crippen LogP contribution < -0.4 is 10.6 Å². The van der Waals surface area contributed by atoms with Gasteiger partial charge in [-0.15, -0.1) is 0 Å². The van der Waals surface area contributed by atoms with Gasteiger partial charge in [0.15, 0.2) is 5.65 Å². The van der Waals surface area contributed by atoms with Gasteiger partial charge >= 0.3 is 11.8 Å². The molecule has 0 spiro atoms. The topological polar surface area (TPSA) is 104 Å². The average Bonchev–Trinajstić information content (AvgIpc) is 2.89. The van der Waals surface area contributed by atoms with Crippen LogP contribution in [0.3, 0.4) is 0 Å². The van der Waals surface area contributed by atoms with Crippen molar-refractivity contribution in [2.24, 2.45) is 0 Å². The number of aryl methyl sites for hydroxylation is 1. The highest BCUT2D eigenvalue weighted by Gasteiger charge is 2.30. The van der Waals surface area contributed by atoms with Gasteiger partial charge in [0.1, 0.15) is 11.6 Å². The van der Waals surface area contributed by atoms with E-state index in [0.29, 0.717) is 45.4 Å². The minimum atomic E-state index is -0.989. The molecule has 1 N–H and O–H groups in total. The van der Waals surface area contributed by atoms with E-state index in [4.69, 9.17) is 16.6 Å². The van der Waals surface area contributed by atoms with Gasteiger partial charge in [0.25, 0.3) is 0 Å². The second-order valence-corrected chi connectivity index (χ2v) is 10.4. The lowest BCUT2D eigenvalue weighted by Gasteiger charge is -2.39. The first-order valence-corrected chi connectivity index (χ1v) is 13.0. The van der Waals surface area contributed by atoms with E-state index in [2.05, 4.69) is 9.97 Å². The summed E-state index contributed by atoms with van der Waals surface area (Å²) in [5.74, 6) is 0.00658. The maximum absolute atomic E-state index is 13.9. The van der Waals surface area contributed by atoms with Crippen LogP contribution >= 0.6 is 11.6 Å². The summed E-state index contributed by atoms with van der Waals surface area (Å²) in [5, 5.41) is 10.3. The number of carboxylic acid groups (broad SMARTS) is 1. The van der Waals surface area contributed by atoms with Crippen molar-refractivity contribution < 1.29 is 14.3 Å². The van der Waals surface area contributed by atoms with Crippen LogP contribution in [0, 0.1) is 12.7 Å².